The molecule has 0 fully saturated rings. The zero-order valence-electron chi connectivity index (χ0n) is 14.5. The number of ether oxygens (including phenoxy) is 1. The number of nitro benzene ring substituents is 1. The minimum absolute atomic E-state index is 0.0283. The van der Waals surface area contributed by atoms with E-state index in [0.717, 1.165) is 0 Å². The molecule has 27 heavy (non-hydrogen) atoms. The van der Waals surface area contributed by atoms with Crippen LogP contribution in [0.5, 0.6) is 0 Å². The third-order valence-electron chi connectivity index (χ3n) is 3.49. The fraction of sp³-hybridized carbons (Fsp3) is 0.222. The Labute approximate surface area is 165 Å². The number of anilines is 1. The van der Waals surface area contributed by atoms with Gasteiger partial charge in [-0.1, -0.05) is 23.7 Å². The van der Waals surface area contributed by atoms with Crippen molar-refractivity contribution in [2.45, 2.75) is 30.1 Å². The van der Waals surface area contributed by atoms with E-state index in [1.54, 1.807) is 43.3 Å². The van der Waals surface area contributed by atoms with Gasteiger partial charge in [0.25, 0.3) is 11.6 Å². The molecule has 0 bridgehead atoms. The lowest BCUT2D eigenvalue weighted by Gasteiger charge is -2.17. The maximum absolute atomic E-state index is 12.2. The van der Waals surface area contributed by atoms with Gasteiger partial charge < -0.3 is 10.1 Å². The van der Waals surface area contributed by atoms with Gasteiger partial charge in [0.15, 0.2) is 6.10 Å². The number of carbonyl (C=O) groups is 2. The molecule has 7 nitrogen and oxygen atoms in total. The van der Waals surface area contributed by atoms with Crippen LogP contribution in [0.1, 0.15) is 13.8 Å². The van der Waals surface area contributed by atoms with Crippen LogP contribution in [0.15, 0.2) is 53.4 Å². The zero-order valence-corrected chi connectivity index (χ0v) is 16.1. The molecular weight excluding hydrogens is 392 g/mol. The summed E-state index contributed by atoms with van der Waals surface area (Å²) in [6.45, 7) is 3.10. The van der Waals surface area contributed by atoms with Gasteiger partial charge in [-0.05, 0) is 38.1 Å². The number of nitrogens with one attached hydrogen (secondary N) is 1. The summed E-state index contributed by atoms with van der Waals surface area (Å²) in [6.07, 6.45) is -1.01. The Morgan fingerprint density at radius 3 is 2.37 bits per heavy atom. The maximum atomic E-state index is 12.2. The highest BCUT2D eigenvalue weighted by Gasteiger charge is 2.23. The molecule has 0 heterocycles. The van der Waals surface area contributed by atoms with E-state index in [0.29, 0.717) is 15.6 Å². The standard InChI is InChI=1S/C18H17ClN2O5S/c1-11(17(22)20-16-6-4-3-5-15(16)19)26-18(23)12(2)27-14-9-7-13(8-10-14)21(24)25/h3-12H,1-2H3,(H,20,22)/t11-,12-/m0/s1. The summed E-state index contributed by atoms with van der Waals surface area (Å²) >= 11 is 7.16. The van der Waals surface area contributed by atoms with E-state index in [1.165, 1.54) is 30.8 Å². The molecule has 2 aromatic carbocycles. The number of thioether (sulfide) groups is 1. The number of rotatable bonds is 7. The first-order valence-corrected chi connectivity index (χ1v) is 9.20. The van der Waals surface area contributed by atoms with E-state index >= 15 is 0 Å². The van der Waals surface area contributed by atoms with Crippen molar-refractivity contribution >= 4 is 46.6 Å². The van der Waals surface area contributed by atoms with Crippen LogP contribution in [-0.2, 0) is 14.3 Å². The van der Waals surface area contributed by atoms with Crippen molar-refractivity contribution in [3.05, 3.63) is 63.7 Å². The van der Waals surface area contributed by atoms with Gasteiger partial charge in [0.2, 0.25) is 0 Å². The molecule has 0 unspecified atom stereocenters. The molecule has 2 atom stereocenters. The first-order chi connectivity index (χ1) is 12.8. The first kappa shape index (κ1) is 20.7. The van der Waals surface area contributed by atoms with Crippen molar-refractivity contribution < 1.29 is 19.2 Å². The second kappa shape index (κ2) is 9.38. The minimum atomic E-state index is -1.01. The third-order valence-corrected chi connectivity index (χ3v) is 4.91. The fourth-order valence-corrected chi connectivity index (χ4v) is 3.06. The highest BCUT2D eigenvalue weighted by atomic mass is 35.5. The van der Waals surface area contributed by atoms with Crippen molar-refractivity contribution in [3.63, 3.8) is 0 Å². The fourth-order valence-electron chi connectivity index (χ4n) is 2.02. The number of esters is 1. The van der Waals surface area contributed by atoms with Crippen LogP contribution in [0.25, 0.3) is 0 Å². The van der Waals surface area contributed by atoms with E-state index in [-0.39, 0.29) is 5.69 Å². The molecule has 142 valence electrons. The SMILES string of the molecule is C[C@H](OC(=O)[C@H](C)Sc1ccc([N+](=O)[O-])cc1)C(=O)Nc1ccccc1Cl. The van der Waals surface area contributed by atoms with Crippen molar-refractivity contribution in [1.29, 1.82) is 0 Å². The molecule has 0 saturated heterocycles. The molecule has 0 aliphatic carbocycles. The molecule has 1 N–H and O–H groups in total. The molecule has 2 aromatic rings. The maximum Gasteiger partial charge on any atom is 0.319 e. The Balaban J connectivity index is 1.90. The normalized spacial score (nSPS) is 12.7. The quantitative estimate of drug-likeness (QED) is 0.317. The van der Waals surface area contributed by atoms with Gasteiger partial charge in [0.1, 0.15) is 5.25 Å². The van der Waals surface area contributed by atoms with Crippen LogP contribution in [0, 0.1) is 10.1 Å². The smallest absolute Gasteiger partial charge is 0.319 e. The lowest BCUT2D eigenvalue weighted by molar-refractivity contribution is -0.384. The van der Waals surface area contributed by atoms with Gasteiger partial charge in [0, 0.05) is 17.0 Å². The monoisotopic (exact) mass is 408 g/mol. The van der Waals surface area contributed by atoms with Crippen LogP contribution in [0.3, 0.4) is 0 Å². The van der Waals surface area contributed by atoms with E-state index in [9.17, 15) is 19.7 Å². The lowest BCUT2D eigenvalue weighted by Crippen LogP contribution is -2.32. The molecule has 0 aliphatic rings. The largest absolute Gasteiger partial charge is 0.452 e. The topological polar surface area (TPSA) is 98.5 Å². The van der Waals surface area contributed by atoms with E-state index in [1.807, 2.05) is 0 Å². The Kier molecular flexibility index (Phi) is 7.20. The number of para-hydroxylation sites is 1. The van der Waals surface area contributed by atoms with Gasteiger partial charge >= 0.3 is 5.97 Å². The molecular formula is C18H17ClN2O5S. The Morgan fingerprint density at radius 1 is 1.15 bits per heavy atom. The van der Waals surface area contributed by atoms with Gasteiger partial charge in [-0.2, -0.15) is 0 Å². The number of amides is 1. The van der Waals surface area contributed by atoms with Crippen LogP contribution in [0.2, 0.25) is 5.02 Å². The number of nitro groups is 1. The predicted molar refractivity (Wildman–Crippen MR) is 104 cm³/mol. The Hall–Kier alpha value is -2.58. The molecule has 0 radical (unpaired) electrons. The van der Waals surface area contributed by atoms with Gasteiger partial charge in [-0.3, -0.25) is 19.7 Å². The first-order valence-electron chi connectivity index (χ1n) is 7.95. The summed E-state index contributed by atoms with van der Waals surface area (Å²) in [5, 5.41) is 13.0. The minimum Gasteiger partial charge on any atom is -0.452 e. The summed E-state index contributed by atoms with van der Waals surface area (Å²) in [5.74, 6) is -1.07. The molecule has 1 amide bonds. The number of nitrogens with zero attached hydrogens (tertiary/aromatic N) is 1. The summed E-state index contributed by atoms with van der Waals surface area (Å²) < 4.78 is 5.20. The van der Waals surface area contributed by atoms with Crippen molar-refractivity contribution in [2.75, 3.05) is 5.32 Å². The summed E-state index contributed by atoms with van der Waals surface area (Å²) in [7, 11) is 0. The second-order valence-electron chi connectivity index (χ2n) is 5.56. The molecule has 0 saturated carbocycles. The van der Waals surface area contributed by atoms with Crippen LogP contribution >= 0.6 is 23.4 Å². The molecule has 9 heteroatoms. The van der Waals surface area contributed by atoms with Gasteiger partial charge in [0.05, 0.1) is 15.6 Å². The highest BCUT2D eigenvalue weighted by Crippen LogP contribution is 2.26. The van der Waals surface area contributed by atoms with Crippen LogP contribution < -0.4 is 5.32 Å². The number of halogens is 1. The molecule has 0 aliphatic heterocycles. The second-order valence-corrected chi connectivity index (χ2v) is 7.38. The number of non-ortho nitro benzene ring substituents is 1. The number of hydrogen-bond acceptors (Lipinski definition) is 6. The van der Waals surface area contributed by atoms with Crippen molar-refractivity contribution in [1.82, 2.24) is 0 Å². The Bertz CT molecular complexity index is 844. The summed E-state index contributed by atoms with van der Waals surface area (Å²) in [6, 6.07) is 12.6. The summed E-state index contributed by atoms with van der Waals surface area (Å²) in [5.41, 5.74) is 0.403. The van der Waals surface area contributed by atoms with E-state index < -0.39 is 28.2 Å². The Morgan fingerprint density at radius 2 is 1.78 bits per heavy atom. The number of benzene rings is 2. The van der Waals surface area contributed by atoms with Gasteiger partial charge in [-0.25, -0.2) is 0 Å². The lowest BCUT2D eigenvalue weighted by atomic mass is 10.3. The number of hydrogen-bond donors (Lipinski definition) is 1. The van der Waals surface area contributed by atoms with Crippen molar-refractivity contribution in [3.8, 4) is 0 Å². The summed E-state index contributed by atoms with van der Waals surface area (Å²) in [4.78, 5) is 35.2. The molecule has 2 rings (SSSR count). The van der Waals surface area contributed by atoms with E-state index in [2.05, 4.69) is 5.32 Å². The average Bonchev–Trinajstić information content (AvgIpc) is 2.63. The number of carbonyl (C=O) groups excluding carboxylic acids is 2. The molecule has 0 aromatic heterocycles. The van der Waals surface area contributed by atoms with Crippen LogP contribution in [-0.4, -0.2) is 28.2 Å². The van der Waals surface area contributed by atoms with E-state index in [4.69, 9.17) is 16.3 Å². The predicted octanol–water partition coefficient (Wildman–Crippen LogP) is 4.30. The highest BCUT2D eigenvalue weighted by molar-refractivity contribution is 8.00. The zero-order chi connectivity index (χ0) is 20.0. The molecule has 0 spiro atoms. The van der Waals surface area contributed by atoms with Crippen molar-refractivity contribution in [2.24, 2.45) is 0 Å². The van der Waals surface area contributed by atoms with Crippen LogP contribution in [0.4, 0.5) is 11.4 Å². The third kappa shape index (κ3) is 5.97. The van der Waals surface area contributed by atoms with Gasteiger partial charge in [-0.15, -0.1) is 11.8 Å². The average molecular weight is 409 g/mol.